The van der Waals surface area contributed by atoms with Crippen LogP contribution in [0.4, 0.5) is 0 Å². The first kappa shape index (κ1) is 12.4. The maximum absolute atomic E-state index is 11.2. The highest BCUT2D eigenvalue weighted by molar-refractivity contribution is 5.75. The number of hydrogen-bond acceptors (Lipinski definition) is 4. The minimum absolute atomic E-state index is 0.145. The van der Waals surface area contributed by atoms with Crippen LogP contribution in [0.1, 0.15) is 26.7 Å². The van der Waals surface area contributed by atoms with E-state index >= 15 is 0 Å². The third kappa shape index (κ3) is 5.60. The van der Waals surface area contributed by atoms with Gasteiger partial charge in [-0.3, -0.25) is 4.79 Å². The van der Waals surface area contributed by atoms with Crippen molar-refractivity contribution in [1.82, 2.24) is 5.32 Å². The molecule has 0 aromatic rings. The van der Waals surface area contributed by atoms with Crippen LogP contribution in [-0.2, 0) is 9.53 Å². The fraction of sp³-hybridized carbons (Fsp3) is 0.889. The Morgan fingerprint density at radius 1 is 1.54 bits per heavy atom. The van der Waals surface area contributed by atoms with Gasteiger partial charge in [-0.05, 0) is 26.3 Å². The molecule has 13 heavy (non-hydrogen) atoms. The minimum atomic E-state index is -0.230. The summed E-state index contributed by atoms with van der Waals surface area (Å²) >= 11 is 0. The number of carbonyl (C=O) groups excluding carboxylic acids is 1. The number of nitrogens with one attached hydrogen (secondary N) is 1. The van der Waals surface area contributed by atoms with Crippen LogP contribution in [0.2, 0.25) is 0 Å². The number of hydrogen-bond donors (Lipinski definition) is 2. The molecule has 0 aliphatic heterocycles. The lowest BCUT2D eigenvalue weighted by Crippen LogP contribution is -2.38. The Balaban J connectivity index is 3.67. The van der Waals surface area contributed by atoms with Gasteiger partial charge in [0.15, 0.2) is 0 Å². The molecule has 0 amide bonds. The smallest absolute Gasteiger partial charge is 0.323 e. The number of aliphatic hydroxyl groups excluding tert-OH is 1. The second kappa shape index (κ2) is 8.01. The summed E-state index contributed by atoms with van der Waals surface area (Å²) in [5, 5.41) is 11.6. The number of aliphatic hydroxyl groups is 1. The van der Waals surface area contributed by atoms with Crippen molar-refractivity contribution >= 4 is 5.97 Å². The topological polar surface area (TPSA) is 58.6 Å². The summed E-state index contributed by atoms with van der Waals surface area (Å²) in [6.45, 7) is 4.92. The standard InChI is InChI=1S/C9H19NO3/c1-3-8(9(12)13-4-2)10-6-5-7-11/h8,10-11H,3-7H2,1-2H3. The van der Waals surface area contributed by atoms with E-state index in [-0.39, 0.29) is 18.6 Å². The molecule has 0 aromatic carbocycles. The fourth-order valence-corrected chi connectivity index (χ4v) is 0.993. The molecule has 0 aliphatic rings. The molecule has 0 bridgehead atoms. The second-order valence-electron chi connectivity index (χ2n) is 2.74. The van der Waals surface area contributed by atoms with Crippen LogP contribution in [0.25, 0.3) is 0 Å². The van der Waals surface area contributed by atoms with E-state index < -0.39 is 0 Å². The summed E-state index contributed by atoms with van der Waals surface area (Å²) in [5.74, 6) is -0.206. The molecule has 0 aliphatic carbocycles. The third-order valence-electron chi connectivity index (χ3n) is 1.70. The van der Waals surface area contributed by atoms with E-state index in [2.05, 4.69) is 5.32 Å². The van der Waals surface area contributed by atoms with Crippen molar-refractivity contribution < 1.29 is 14.6 Å². The fourth-order valence-electron chi connectivity index (χ4n) is 0.993. The Morgan fingerprint density at radius 2 is 2.23 bits per heavy atom. The van der Waals surface area contributed by atoms with Gasteiger partial charge in [0.25, 0.3) is 0 Å². The van der Waals surface area contributed by atoms with E-state index in [0.717, 1.165) is 0 Å². The Labute approximate surface area is 79.3 Å². The lowest BCUT2D eigenvalue weighted by molar-refractivity contribution is -0.145. The van der Waals surface area contributed by atoms with Gasteiger partial charge in [-0.1, -0.05) is 6.92 Å². The van der Waals surface area contributed by atoms with Crippen LogP contribution in [0.15, 0.2) is 0 Å². The lowest BCUT2D eigenvalue weighted by Gasteiger charge is -2.14. The summed E-state index contributed by atoms with van der Waals surface area (Å²) in [5.41, 5.74) is 0. The minimum Gasteiger partial charge on any atom is -0.465 e. The number of ether oxygens (including phenoxy) is 1. The molecule has 4 heteroatoms. The Kier molecular flexibility index (Phi) is 7.63. The molecule has 0 rings (SSSR count). The summed E-state index contributed by atoms with van der Waals surface area (Å²) < 4.78 is 4.86. The molecule has 0 radical (unpaired) electrons. The molecule has 0 saturated carbocycles. The third-order valence-corrected chi connectivity index (χ3v) is 1.70. The highest BCUT2D eigenvalue weighted by atomic mass is 16.5. The molecule has 78 valence electrons. The van der Waals surface area contributed by atoms with Crippen LogP contribution in [0.5, 0.6) is 0 Å². The van der Waals surface area contributed by atoms with Crippen LogP contribution in [0.3, 0.4) is 0 Å². The molecule has 1 atom stereocenters. The molecular weight excluding hydrogens is 170 g/mol. The molecule has 0 heterocycles. The van der Waals surface area contributed by atoms with Crippen LogP contribution < -0.4 is 5.32 Å². The highest BCUT2D eigenvalue weighted by Crippen LogP contribution is 1.94. The molecule has 4 nitrogen and oxygen atoms in total. The van der Waals surface area contributed by atoms with Gasteiger partial charge in [0.2, 0.25) is 0 Å². The molecular formula is C9H19NO3. The average Bonchev–Trinajstić information content (AvgIpc) is 2.13. The summed E-state index contributed by atoms with van der Waals surface area (Å²) in [4.78, 5) is 11.2. The second-order valence-corrected chi connectivity index (χ2v) is 2.74. The SMILES string of the molecule is CCOC(=O)C(CC)NCCCO. The molecule has 0 spiro atoms. The van der Waals surface area contributed by atoms with Crippen molar-refractivity contribution in [3.8, 4) is 0 Å². The highest BCUT2D eigenvalue weighted by Gasteiger charge is 2.15. The molecule has 0 aromatic heterocycles. The molecule has 0 fully saturated rings. The normalized spacial score (nSPS) is 12.5. The Hall–Kier alpha value is -0.610. The first-order valence-corrected chi connectivity index (χ1v) is 4.77. The van der Waals surface area contributed by atoms with Gasteiger partial charge in [0, 0.05) is 6.61 Å². The quantitative estimate of drug-likeness (QED) is 0.447. The van der Waals surface area contributed by atoms with E-state index in [1.165, 1.54) is 0 Å². The first-order chi connectivity index (χ1) is 6.26. The van der Waals surface area contributed by atoms with Crippen molar-refractivity contribution in [3.05, 3.63) is 0 Å². The van der Waals surface area contributed by atoms with Gasteiger partial charge < -0.3 is 15.2 Å². The van der Waals surface area contributed by atoms with Gasteiger partial charge in [0.1, 0.15) is 6.04 Å². The van der Waals surface area contributed by atoms with Gasteiger partial charge in [0.05, 0.1) is 6.61 Å². The maximum Gasteiger partial charge on any atom is 0.323 e. The van der Waals surface area contributed by atoms with E-state index in [0.29, 0.717) is 26.0 Å². The van der Waals surface area contributed by atoms with Crippen LogP contribution in [-0.4, -0.2) is 36.9 Å². The Morgan fingerprint density at radius 3 is 2.69 bits per heavy atom. The number of esters is 1. The zero-order valence-corrected chi connectivity index (χ0v) is 8.38. The monoisotopic (exact) mass is 189 g/mol. The number of carbonyl (C=O) groups is 1. The number of rotatable bonds is 7. The molecule has 2 N–H and O–H groups in total. The van der Waals surface area contributed by atoms with Gasteiger partial charge in [-0.25, -0.2) is 0 Å². The van der Waals surface area contributed by atoms with E-state index in [9.17, 15) is 4.79 Å². The largest absolute Gasteiger partial charge is 0.465 e. The predicted octanol–water partition coefficient (Wildman–Crippen LogP) is 0.300. The van der Waals surface area contributed by atoms with Crippen molar-refractivity contribution in [2.24, 2.45) is 0 Å². The van der Waals surface area contributed by atoms with E-state index in [4.69, 9.17) is 9.84 Å². The first-order valence-electron chi connectivity index (χ1n) is 4.77. The van der Waals surface area contributed by atoms with Gasteiger partial charge >= 0.3 is 5.97 Å². The van der Waals surface area contributed by atoms with Gasteiger partial charge in [-0.2, -0.15) is 0 Å². The summed E-state index contributed by atoms with van der Waals surface area (Å²) in [7, 11) is 0. The summed E-state index contributed by atoms with van der Waals surface area (Å²) in [6.07, 6.45) is 1.38. The van der Waals surface area contributed by atoms with Crippen LogP contribution >= 0.6 is 0 Å². The average molecular weight is 189 g/mol. The van der Waals surface area contributed by atoms with E-state index in [1.807, 2.05) is 6.92 Å². The maximum atomic E-state index is 11.2. The van der Waals surface area contributed by atoms with Crippen molar-refractivity contribution in [1.29, 1.82) is 0 Å². The zero-order valence-electron chi connectivity index (χ0n) is 8.38. The van der Waals surface area contributed by atoms with Crippen molar-refractivity contribution in [2.75, 3.05) is 19.8 Å². The van der Waals surface area contributed by atoms with Crippen molar-refractivity contribution in [2.45, 2.75) is 32.7 Å². The van der Waals surface area contributed by atoms with Crippen LogP contribution in [0, 0.1) is 0 Å². The summed E-state index contributed by atoms with van der Waals surface area (Å²) in [6, 6.07) is -0.230. The Bertz CT molecular complexity index is 139. The molecule has 1 unspecified atom stereocenters. The zero-order chi connectivity index (χ0) is 10.1. The lowest BCUT2D eigenvalue weighted by atomic mass is 10.2. The van der Waals surface area contributed by atoms with E-state index in [1.54, 1.807) is 6.92 Å². The molecule has 0 saturated heterocycles. The predicted molar refractivity (Wildman–Crippen MR) is 50.4 cm³/mol. The van der Waals surface area contributed by atoms with Gasteiger partial charge in [-0.15, -0.1) is 0 Å². The van der Waals surface area contributed by atoms with Crippen molar-refractivity contribution in [3.63, 3.8) is 0 Å².